The lowest BCUT2D eigenvalue weighted by Gasteiger charge is -2.11. The maximum atomic E-state index is 13.2. The van der Waals surface area contributed by atoms with Crippen LogP contribution in [0.2, 0.25) is 5.02 Å². The Bertz CT molecular complexity index is 344. The van der Waals surface area contributed by atoms with Gasteiger partial charge in [-0.05, 0) is 28.1 Å². The minimum atomic E-state index is -2.68. The van der Waals surface area contributed by atoms with E-state index in [1.54, 1.807) is 0 Å². The Morgan fingerprint density at radius 3 is 2.36 bits per heavy atom. The second-order valence-corrected chi connectivity index (χ2v) is 4.77. The van der Waals surface area contributed by atoms with Gasteiger partial charge in [0.15, 0.2) is 0 Å². The molecule has 0 heterocycles. The molecule has 1 unspecified atom stereocenters. The fraction of sp³-hybridized carbons (Fsp3) is 0.250. The predicted octanol–water partition coefficient (Wildman–Crippen LogP) is 4.94. The quantitative estimate of drug-likeness (QED) is 0.522. The first-order chi connectivity index (χ1) is 6.43. The molecule has 1 aromatic carbocycles. The fourth-order valence-corrected chi connectivity index (χ4v) is 1.72. The summed E-state index contributed by atoms with van der Waals surface area (Å²) in [6.07, 6.45) is -2.68. The van der Waals surface area contributed by atoms with Crippen LogP contribution in [0.3, 0.4) is 0 Å². The first-order valence-corrected chi connectivity index (χ1v) is 5.58. The molecule has 0 saturated heterocycles. The first-order valence-electron chi connectivity index (χ1n) is 3.50. The number of hydrogen-bond acceptors (Lipinski definition) is 0. The van der Waals surface area contributed by atoms with E-state index in [9.17, 15) is 13.2 Å². The summed E-state index contributed by atoms with van der Waals surface area (Å²) < 4.78 is 38.0. The normalized spacial score (nSPS) is 13.4. The van der Waals surface area contributed by atoms with Crippen molar-refractivity contribution in [2.45, 2.75) is 11.3 Å². The Hall–Kier alpha value is 0.260. The monoisotopic (exact) mass is 350 g/mol. The topological polar surface area (TPSA) is 0 Å². The van der Waals surface area contributed by atoms with Crippen molar-refractivity contribution in [2.75, 3.05) is 0 Å². The Labute approximate surface area is 101 Å². The molecule has 0 saturated carbocycles. The number of rotatable bonds is 2. The number of hydrogen-bond donors (Lipinski definition) is 0. The van der Waals surface area contributed by atoms with E-state index in [-0.39, 0.29) is 10.6 Å². The standard InChI is InChI=1S/C8H4Br2ClF3/c9-4-2-6(12)3(1-5(4)11)7(10)8(13)14/h1-2,7-8H. The van der Waals surface area contributed by atoms with E-state index >= 15 is 0 Å². The summed E-state index contributed by atoms with van der Waals surface area (Å²) in [4.78, 5) is -1.34. The van der Waals surface area contributed by atoms with E-state index in [0.29, 0.717) is 4.47 Å². The van der Waals surface area contributed by atoms with Crippen molar-refractivity contribution in [3.05, 3.63) is 33.0 Å². The van der Waals surface area contributed by atoms with Crippen LogP contribution in [-0.4, -0.2) is 6.43 Å². The maximum Gasteiger partial charge on any atom is 0.255 e. The molecule has 0 nitrogen and oxygen atoms in total. The zero-order valence-corrected chi connectivity index (χ0v) is 10.5. The molecular formula is C8H4Br2ClF3. The van der Waals surface area contributed by atoms with E-state index in [1.807, 2.05) is 0 Å². The van der Waals surface area contributed by atoms with Gasteiger partial charge in [0, 0.05) is 10.0 Å². The average molecular weight is 352 g/mol. The molecule has 0 aromatic heterocycles. The zero-order chi connectivity index (χ0) is 10.9. The van der Waals surface area contributed by atoms with Gasteiger partial charge >= 0.3 is 0 Å². The van der Waals surface area contributed by atoms with Crippen LogP contribution in [0.4, 0.5) is 13.2 Å². The highest BCUT2D eigenvalue weighted by Gasteiger charge is 2.23. The molecule has 1 atom stereocenters. The van der Waals surface area contributed by atoms with E-state index in [0.717, 1.165) is 6.07 Å². The molecule has 0 bridgehead atoms. The van der Waals surface area contributed by atoms with Crippen molar-refractivity contribution in [1.82, 2.24) is 0 Å². The molecule has 1 aromatic rings. The van der Waals surface area contributed by atoms with Gasteiger partial charge in [-0.2, -0.15) is 0 Å². The van der Waals surface area contributed by atoms with Gasteiger partial charge in [0.2, 0.25) is 0 Å². The summed E-state index contributed by atoms with van der Waals surface area (Å²) >= 11 is 11.3. The summed E-state index contributed by atoms with van der Waals surface area (Å²) in [6.45, 7) is 0. The van der Waals surface area contributed by atoms with Crippen molar-refractivity contribution in [2.24, 2.45) is 0 Å². The molecule has 0 radical (unpaired) electrons. The molecule has 0 aliphatic carbocycles. The third kappa shape index (κ3) is 2.64. The number of alkyl halides is 3. The fourth-order valence-electron chi connectivity index (χ4n) is 0.885. The van der Waals surface area contributed by atoms with Gasteiger partial charge in [-0.1, -0.05) is 27.5 Å². The van der Waals surface area contributed by atoms with Gasteiger partial charge in [-0.15, -0.1) is 0 Å². The molecule has 14 heavy (non-hydrogen) atoms. The molecular weight excluding hydrogens is 348 g/mol. The van der Waals surface area contributed by atoms with Crippen LogP contribution >= 0.6 is 43.5 Å². The van der Waals surface area contributed by atoms with Crippen LogP contribution in [-0.2, 0) is 0 Å². The molecule has 1 rings (SSSR count). The summed E-state index contributed by atoms with van der Waals surface area (Å²) in [5, 5.41) is 0.200. The highest BCUT2D eigenvalue weighted by molar-refractivity contribution is 9.10. The predicted molar refractivity (Wildman–Crippen MR) is 56.8 cm³/mol. The summed E-state index contributed by atoms with van der Waals surface area (Å²) in [5.74, 6) is -0.719. The molecule has 0 amide bonds. The molecule has 0 fully saturated rings. The Morgan fingerprint density at radius 2 is 1.86 bits per heavy atom. The van der Waals surface area contributed by atoms with Gasteiger partial charge in [0.25, 0.3) is 6.43 Å². The van der Waals surface area contributed by atoms with Crippen LogP contribution in [0, 0.1) is 5.82 Å². The second kappa shape index (κ2) is 4.86. The maximum absolute atomic E-state index is 13.2. The van der Waals surface area contributed by atoms with Crippen LogP contribution in [0.5, 0.6) is 0 Å². The smallest absolute Gasteiger partial charge is 0.209 e. The lowest BCUT2D eigenvalue weighted by atomic mass is 10.1. The SMILES string of the molecule is Fc1cc(Br)c(Cl)cc1C(Br)C(F)F. The summed E-state index contributed by atoms with van der Waals surface area (Å²) in [7, 11) is 0. The Balaban J connectivity index is 3.15. The van der Waals surface area contributed by atoms with Crippen molar-refractivity contribution in [3.8, 4) is 0 Å². The van der Waals surface area contributed by atoms with Crippen molar-refractivity contribution in [1.29, 1.82) is 0 Å². The van der Waals surface area contributed by atoms with Crippen molar-refractivity contribution < 1.29 is 13.2 Å². The van der Waals surface area contributed by atoms with E-state index in [2.05, 4.69) is 31.9 Å². The molecule has 0 aliphatic rings. The van der Waals surface area contributed by atoms with Crippen molar-refractivity contribution in [3.63, 3.8) is 0 Å². The summed E-state index contributed by atoms with van der Waals surface area (Å²) in [6, 6.07) is 2.24. The molecule has 6 heteroatoms. The summed E-state index contributed by atoms with van der Waals surface area (Å²) in [5.41, 5.74) is -0.145. The van der Waals surface area contributed by atoms with Crippen LogP contribution < -0.4 is 0 Å². The molecule has 0 N–H and O–H groups in total. The van der Waals surface area contributed by atoms with Crippen LogP contribution in [0.15, 0.2) is 16.6 Å². The van der Waals surface area contributed by atoms with Gasteiger partial charge in [0.1, 0.15) is 10.6 Å². The average Bonchev–Trinajstić information content (AvgIpc) is 2.10. The Kier molecular flexibility index (Phi) is 4.28. The van der Waals surface area contributed by atoms with Crippen molar-refractivity contribution >= 4 is 43.5 Å². The highest BCUT2D eigenvalue weighted by atomic mass is 79.9. The van der Waals surface area contributed by atoms with Crippen LogP contribution in [0.25, 0.3) is 0 Å². The minimum absolute atomic E-state index is 0.145. The van der Waals surface area contributed by atoms with Crippen LogP contribution in [0.1, 0.15) is 10.4 Å². The number of benzene rings is 1. The van der Waals surface area contributed by atoms with E-state index < -0.39 is 17.1 Å². The van der Waals surface area contributed by atoms with Gasteiger partial charge in [-0.25, -0.2) is 13.2 Å². The third-order valence-corrected chi connectivity index (χ3v) is 3.65. The zero-order valence-electron chi connectivity index (χ0n) is 6.58. The number of halogens is 6. The minimum Gasteiger partial charge on any atom is -0.209 e. The first kappa shape index (κ1) is 12.3. The second-order valence-electron chi connectivity index (χ2n) is 2.52. The Morgan fingerprint density at radius 1 is 1.29 bits per heavy atom. The molecule has 78 valence electrons. The largest absolute Gasteiger partial charge is 0.255 e. The highest BCUT2D eigenvalue weighted by Crippen LogP contribution is 2.35. The van der Waals surface area contributed by atoms with E-state index in [1.165, 1.54) is 6.07 Å². The lowest BCUT2D eigenvalue weighted by Crippen LogP contribution is -2.04. The van der Waals surface area contributed by atoms with Gasteiger partial charge in [-0.3, -0.25) is 0 Å². The molecule has 0 spiro atoms. The van der Waals surface area contributed by atoms with Gasteiger partial charge < -0.3 is 0 Å². The molecule has 0 aliphatic heterocycles. The lowest BCUT2D eigenvalue weighted by molar-refractivity contribution is 0.146. The van der Waals surface area contributed by atoms with E-state index in [4.69, 9.17) is 11.6 Å². The van der Waals surface area contributed by atoms with Gasteiger partial charge in [0.05, 0.1) is 5.02 Å². The third-order valence-electron chi connectivity index (χ3n) is 1.56.